The van der Waals surface area contributed by atoms with Gasteiger partial charge >= 0.3 is 0 Å². The molecule has 1 aliphatic heterocycles. The van der Waals surface area contributed by atoms with Gasteiger partial charge in [-0.1, -0.05) is 36.4 Å². The van der Waals surface area contributed by atoms with Crippen LogP contribution in [0.4, 0.5) is 5.69 Å². The van der Waals surface area contributed by atoms with E-state index in [9.17, 15) is 4.79 Å². The number of para-hydroxylation sites is 1. The van der Waals surface area contributed by atoms with Crippen LogP contribution in [0.1, 0.15) is 0 Å². The number of benzene rings is 1. The molecule has 0 aromatic heterocycles. The van der Waals surface area contributed by atoms with Crippen molar-refractivity contribution in [3.05, 3.63) is 63.9 Å². The maximum atomic E-state index is 12.0. The smallest absolute Gasteiger partial charge is 0.249 e. The third kappa shape index (κ3) is 2.45. The topological polar surface area (TPSA) is 41.1 Å². The molecule has 3 rings (SSSR count). The zero-order valence-electron chi connectivity index (χ0n) is 10.1. The van der Waals surface area contributed by atoms with E-state index in [1.165, 1.54) is 3.58 Å². The fraction of sp³-hybridized carbons (Fsp3) is 0.133. The first kappa shape index (κ1) is 12.5. The van der Waals surface area contributed by atoms with Gasteiger partial charge in [0.1, 0.15) is 0 Å². The third-order valence-electron chi connectivity index (χ3n) is 3.29. The lowest BCUT2D eigenvalue weighted by atomic mass is 9.92. The summed E-state index contributed by atoms with van der Waals surface area (Å²) < 4.78 is 1.18. The molecule has 1 aromatic carbocycles. The zero-order chi connectivity index (χ0) is 13.2. The van der Waals surface area contributed by atoms with Gasteiger partial charge in [-0.05, 0) is 34.7 Å². The van der Waals surface area contributed by atoms with Crippen molar-refractivity contribution in [1.82, 2.24) is 5.32 Å². The summed E-state index contributed by atoms with van der Waals surface area (Å²) in [4.78, 5) is 12.0. The van der Waals surface area contributed by atoms with Crippen molar-refractivity contribution in [3.8, 4) is 0 Å². The number of allylic oxidation sites excluding steroid dienone is 2. The molecule has 2 aliphatic rings. The van der Waals surface area contributed by atoms with Crippen LogP contribution in [0.3, 0.4) is 0 Å². The van der Waals surface area contributed by atoms with Crippen molar-refractivity contribution in [2.75, 3.05) is 5.32 Å². The van der Waals surface area contributed by atoms with Gasteiger partial charge in [0.05, 0.1) is 6.04 Å². The van der Waals surface area contributed by atoms with Gasteiger partial charge in [0, 0.05) is 27.0 Å². The van der Waals surface area contributed by atoms with E-state index < -0.39 is 0 Å². The molecular formula is C15H13IN2O. The van der Waals surface area contributed by atoms with Crippen LogP contribution in [-0.4, -0.2) is 11.9 Å². The Morgan fingerprint density at radius 3 is 2.84 bits per heavy atom. The van der Waals surface area contributed by atoms with E-state index in [1.54, 1.807) is 0 Å². The normalized spacial score (nSPS) is 26.9. The van der Waals surface area contributed by atoms with Gasteiger partial charge < -0.3 is 10.6 Å². The summed E-state index contributed by atoms with van der Waals surface area (Å²) in [6.45, 7) is 0. The van der Waals surface area contributed by atoms with E-state index in [1.807, 2.05) is 48.7 Å². The number of halogens is 1. The predicted octanol–water partition coefficient (Wildman–Crippen LogP) is 2.99. The van der Waals surface area contributed by atoms with Crippen LogP contribution in [0.25, 0.3) is 0 Å². The maximum Gasteiger partial charge on any atom is 0.249 e. The predicted molar refractivity (Wildman–Crippen MR) is 84.8 cm³/mol. The number of fused-ring (bicyclic) bond motifs is 1. The lowest BCUT2D eigenvalue weighted by Crippen LogP contribution is -2.27. The molecule has 1 amide bonds. The molecule has 1 saturated heterocycles. The summed E-state index contributed by atoms with van der Waals surface area (Å²) in [5.41, 5.74) is 1.77. The SMILES string of the molecule is O=C1NC2C=CC=C(I)C2/C1=C/Nc1ccccc1. The van der Waals surface area contributed by atoms with Crippen LogP contribution in [0.5, 0.6) is 0 Å². The van der Waals surface area contributed by atoms with Crippen molar-refractivity contribution < 1.29 is 4.79 Å². The first-order chi connectivity index (χ1) is 9.25. The maximum absolute atomic E-state index is 12.0. The summed E-state index contributed by atoms with van der Waals surface area (Å²) in [5, 5.41) is 6.19. The lowest BCUT2D eigenvalue weighted by Gasteiger charge is -2.18. The van der Waals surface area contributed by atoms with Gasteiger partial charge in [-0.25, -0.2) is 0 Å². The number of carbonyl (C=O) groups excluding carboxylic acids is 1. The Kier molecular flexibility index (Phi) is 3.42. The average molecular weight is 364 g/mol. The van der Waals surface area contributed by atoms with Gasteiger partial charge in [0.25, 0.3) is 0 Å². The second-order valence-corrected chi connectivity index (χ2v) is 5.77. The first-order valence-electron chi connectivity index (χ1n) is 6.12. The highest BCUT2D eigenvalue weighted by Gasteiger charge is 2.38. The molecule has 0 spiro atoms. The van der Waals surface area contributed by atoms with Crippen molar-refractivity contribution >= 4 is 34.2 Å². The third-order valence-corrected chi connectivity index (χ3v) is 4.32. The molecule has 2 N–H and O–H groups in total. The Morgan fingerprint density at radius 1 is 1.26 bits per heavy atom. The highest BCUT2D eigenvalue weighted by atomic mass is 127. The van der Waals surface area contributed by atoms with Crippen molar-refractivity contribution in [1.29, 1.82) is 0 Å². The Morgan fingerprint density at radius 2 is 2.05 bits per heavy atom. The number of nitrogens with one attached hydrogen (secondary N) is 2. The Balaban J connectivity index is 1.85. The minimum absolute atomic E-state index is 0.00699. The molecular weight excluding hydrogens is 351 g/mol. The van der Waals surface area contributed by atoms with Crippen molar-refractivity contribution in [3.63, 3.8) is 0 Å². The summed E-state index contributed by atoms with van der Waals surface area (Å²) in [7, 11) is 0. The molecule has 2 unspecified atom stereocenters. The second kappa shape index (κ2) is 5.21. The van der Waals surface area contributed by atoms with Crippen molar-refractivity contribution in [2.24, 2.45) is 5.92 Å². The van der Waals surface area contributed by atoms with Crippen LogP contribution < -0.4 is 10.6 Å². The van der Waals surface area contributed by atoms with E-state index in [0.717, 1.165) is 11.3 Å². The Hall–Kier alpha value is -1.56. The molecule has 0 bridgehead atoms. The second-order valence-electron chi connectivity index (χ2n) is 4.52. The van der Waals surface area contributed by atoms with Gasteiger partial charge in [0.15, 0.2) is 0 Å². The quantitative estimate of drug-likeness (QED) is 0.626. The van der Waals surface area contributed by atoms with Gasteiger partial charge in [0.2, 0.25) is 5.91 Å². The van der Waals surface area contributed by atoms with Gasteiger partial charge in [-0.15, -0.1) is 0 Å². The number of hydrogen-bond donors (Lipinski definition) is 2. The number of carbonyl (C=O) groups is 1. The summed E-state index contributed by atoms with van der Waals surface area (Å²) in [6.07, 6.45) is 7.91. The molecule has 96 valence electrons. The van der Waals surface area contributed by atoms with Crippen LogP contribution in [0.15, 0.2) is 63.9 Å². The molecule has 0 radical (unpaired) electrons. The standard InChI is InChI=1S/C15H13IN2O/c16-12-7-4-8-13-14(12)11(15(19)18-13)9-17-10-5-2-1-3-6-10/h1-9,13-14,17H,(H,18,19)/b11-9-. The fourth-order valence-electron chi connectivity index (χ4n) is 2.35. The molecule has 2 atom stereocenters. The molecule has 3 nitrogen and oxygen atoms in total. The molecule has 1 fully saturated rings. The van der Waals surface area contributed by atoms with Gasteiger partial charge in [-0.2, -0.15) is 0 Å². The minimum Gasteiger partial charge on any atom is -0.361 e. The molecule has 1 heterocycles. The van der Waals surface area contributed by atoms with E-state index >= 15 is 0 Å². The van der Waals surface area contributed by atoms with Crippen LogP contribution in [0.2, 0.25) is 0 Å². The van der Waals surface area contributed by atoms with Crippen LogP contribution in [-0.2, 0) is 4.79 Å². The van der Waals surface area contributed by atoms with Crippen LogP contribution >= 0.6 is 22.6 Å². The monoisotopic (exact) mass is 364 g/mol. The van der Waals surface area contributed by atoms with E-state index in [0.29, 0.717) is 0 Å². The van der Waals surface area contributed by atoms with E-state index in [2.05, 4.69) is 39.3 Å². The van der Waals surface area contributed by atoms with E-state index in [4.69, 9.17) is 0 Å². The van der Waals surface area contributed by atoms with E-state index in [-0.39, 0.29) is 17.9 Å². The highest BCUT2D eigenvalue weighted by Crippen LogP contribution is 2.36. The molecule has 1 aliphatic carbocycles. The highest BCUT2D eigenvalue weighted by molar-refractivity contribution is 14.1. The Labute approximate surface area is 125 Å². The number of anilines is 1. The molecule has 1 aromatic rings. The summed E-state index contributed by atoms with van der Waals surface area (Å²) >= 11 is 2.30. The average Bonchev–Trinajstić information content (AvgIpc) is 2.75. The molecule has 19 heavy (non-hydrogen) atoms. The zero-order valence-corrected chi connectivity index (χ0v) is 12.3. The minimum atomic E-state index is 0.00699. The summed E-state index contributed by atoms with van der Waals surface area (Å²) in [6, 6.07) is 9.94. The summed E-state index contributed by atoms with van der Waals surface area (Å²) in [5.74, 6) is 0.141. The van der Waals surface area contributed by atoms with Crippen LogP contribution in [0, 0.1) is 5.92 Å². The number of amides is 1. The number of rotatable bonds is 2. The largest absolute Gasteiger partial charge is 0.361 e. The number of hydrogen-bond acceptors (Lipinski definition) is 2. The molecule has 4 heteroatoms. The van der Waals surface area contributed by atoms with Crippen molar-refractivity contribution in [2.45, 2.75) is 6.04 Å². The Bertz CT molecular complexity index is 589. The first-order valence-corrected chi connectivity index (χ1v) is 7.20. The molecule has 0 saturated carbocycles. The van der Waals surface area contributed by atoms with Gasteiger partial charge in [-0.3, -0.25) is 4.79 Å². The lowest BCUT2D eigenvalue weighted by molar-refractivity contribution is -0.116. The fourth-order valence-corrected chi connectivity index (χ4v) is 3.28.